The third kappa shape index (κ3) is 6.28. The van der Waals surface area contributed by atoms with E-state index in [-0.39, 0.29) is 10.9 Å². The van der Waals surface area contributed by atoms with E-state index in [4.69, 9.17) is 9.88 Å². The number of aromatic nitrogens is 3. The minimum atomic E-state index is -3.94. The Balaban J connectivity index is 1.17. The van der Waals surface area contributed by atoms with Crippen molar-refractivity contribution in [1.82, 2.24) is 24.8 Å². The second-order valence-corrected chi connectivity index (χ2v) is 12.8. The summed E-state index contributed by atoms with van der Waals surface area (Å²) in [7, 11) is -0.0831. The maximum Gasteiger partial charge on any atom is 0.240 e. The van der Waals surface area contributed by atoms with Crippen molar-refractivity contribution >= 4 is 39.0 Å². The molecule has 3 aliphatic rings. The van der Waals surface area contributed by atoms with Gasteiger partial charge in [0.25, 0.3) is 0 Å². The molecule has 0 atom stereocenters. The molecule has 1 saturated carbocycles. The summed E-state index contributed by atoms with van der Waals surface area (Å²) in [5.74, 6) is 1.37. The summed E-state index contributed by atoms with van der Waals surface area (Å²) >= 11 is 0. The predicted octanol–water partition coefficient (Wildman–Crippen LogP) is 2.79. The number of anilines is 5. The Labute approximate surface area is 247 Å². The van der Waals surface area contributed by atoms with Gasteiger partial charge in [-0.2, -0.15) is 4.98 Å². The summed E-state index contributed by atoms with van der Waals surface area (Å²) < 4.78 is 30.4. The topological polar surface area (TPSA) is 133 Å². The lowest BCUT2D eigenvalue weighted by atomic mass is 10.0. The van der Waals surface area contributed by atoms with Crippen LogP contribution in [0.1, 0.15) is 25.7 Å². The first-order chi connectivity index (χ1) is 20.3. The number of rotatable bonds is 9. The van der Waals surface area contributed by atoms with E-state index < -0.39 is 10.0 Å². The maximum absolute atomic E-state index is 12.3. The van der Waals surface area contributed by atoms with Crippen LogP contribution >= 0.6 is 0 Å². The van der Waals surface area contributed by atoms with Gasteiger partial charge < -0.3 is 24.8 Å². The molecule has 1 aliphatic carbocycles. The molecule has 0 amide bonds. The molecule has 0 spiro atoms. The van der Waals surface area contributed by atoms with Crippen LogP contribution in [0.4, 0.5) is 29.0 Å². The fourth-order valence-electron chi connectivity index (χ4n) is 5.94. The highest BCUT2D eigenvalue weighted by atomic mass is 32.2. The molecule has 1 aromatic heterocycles. The molecule has 3 N–H and O–H groups in total. The zero-order chi connectivity index (χ0) is 29.3. The third-order valence-corrected chi connectivity index (χ3v) is 9.39. The molecule has 2 aromatic carbocycles. The lowest BCUT2D eigenvalue weighted by Gasteiger charge is -2.42. The lowest BCUT2D eigenvalue weighted by Crippen LogP contribution is -2.52. The van der Waals surface area contributed by atoms with Crippen molar-refractivity contribution in [2.45, 2.75) is 42.7 Å². The number of para-hydroxylation sites is 1. The highest BCUT2D eigenvalue weighted by Crippen LogP contribution is 2.40. The van der Waals surface area contributed by atoms with Crippen LogP contribution in [-0.2, 0) is 10.0 Å². The van der Waals surface area contributed by atoms with Crippen molar-refractivity contribution in [3.8, 4) is 5.75 Å². The van der Waals surface area contributed by atoms with Gasteiger partial charge >= 0.3 is 0 Å². The molecule has 3 fully saturated rings. The fraction of sp³-hybridized carbons (Fsp3) is 0.483. The summed E-state index contributed by atoms with van der Waals surface area (Å²) in [6.45, 7) is 6.64. The highest BCUT2D eigenvalue weighted by molar-refractivity contribution is 7.89. The van der Waals surface area contributed by atoms with Gasteiger partial charge in [0.15, 0.2) is 0 Å². The van der Waals surface area contributed by atoms with Gasteiger partial charge in [-0.3, -0.25) is 4.90 Å². The number of hydrogen-bond donors (Lipinski definition) is 2. The molecule has 42 heavy (non-hydrogen) atoms. The zero-order valence-corrected chi connectivity index (χ0v) is 25.0. The smallest absolute Gasteiger partial charge is 0.240 e. The summed E-state index contributed by atoms with van der Waals surface area (Å²) in [5.41, 5.74) is 2.32. The minimum Gasteiger partial charge on any atom is -0.494 e. The van der Waals surface area contributed by atoms with Gasteiger partial charge in [-0.25, -0.2) is 23.5 Å². The van der Waals surface area contributed by atoms with Gasteiger partial charge in [-0.1, -0.05) is 12.1 Å². The van der Waals surface area contributed by atoms with E-state index in [1.807, 2.05) is 11.0 Å². The van der Waals surface area contributed by atoms with Gasteiger partial charge in [0.2, 0.25) is 21.9 Å². The number of hydrogen-bond acceptors (Lipinski definition) is 11. The van der Waals surface area contributed by atoms with Crippen LogP contribution in [0, 0.1) is 0 Å². The number of sulfonamides is 1. The van der Waals surface area contributed by atoms with Gasteiger partial charge in [0.1, 0.15) is 17.0 Å². The first-order valence-electron chi connectivity index (χ1n) is 14.5. The van der Waals surface area contributed by atoms with E-state index in [1.165, 1.54) is 12.4 Å². The first-order valence-corrected chi connectivity index (χ1v) is 16.1. The third-order valence-electron chi connectivity index (χ3n) is 8.43. The van der Waals surface area contributed by atoms with Crippen molar-refractivity contribution in [3.63, 3.8) is 0 Å². The van der Waals surface area contributed by atoms with Crippen molar-refractivity contribution in [1.29, 1.82) is 0 Å². The normalized spacial score (nSPS) is 19.1. The van der Waals surface area contributed by atoms with E-state index in [2.05, 4.69) is 54.1 Å². The highest BCUT2D eigenvalue weighted by Gasteiger charge is 2.35. The number of piperidine rings is 1. The Morgan fingerprint density at radius 3 is 2.40 bits per heavy atom. The van der Waals surface area contributed by atoms with E-state index >= 15 is 0 Å². The average Bonchev–Trinajstić information content (AvgIpc) is 3.83. The van der Waals surface area contributed by atoms with Crippen molar-refractivity contribution < 1.29 is 13.2 Å². The van der Waals surface area contributed by atoms with Crippen LogP contribution in [0.25, 0.3) is 0 Å². The monoisotopic (exact) mass is 593 g/mol. The zero-order valence-electron chi connectivity index (χ0n) is 24.2. The van der Waals surface area contributed by atoms with Gasteiger partial charge in [-0.05, 0) is 57.0 Å². The van der Waals surface area contributed by atoms with E-state index in [1.54, 1.807) is 25.3 Å². The summed E-state index contributed by atoms with van der Waals surface area (Å²) in [6, 6.07) is 13.5. The molecule has 224 valence electrons. The number of piperazine rings is 1. The summed E-state index contributed by atoms with van der Waals surface area (Å²) in [5, 5.41) is 8.80. The molecule has 0 bridgehead atoms. The molecular weight excluding hydrogens is 554 g/mol. The second-order valence-electron chi connectivity index (χ2n) is 11.3. The van der Waals surface area contributed by atoms with Crippen molar-refractivity contribution in [3.05, 3.63) is 48.8 Å². The van der Waals surface area contributed by atoms with Crippen LogP contribution in [0.3, 0.4) is 0 Å². The van der Waals surface area contributed by atoms with Crippen LogP contribution < -0.4 is 25.0 Å². The number of ether oxygens (including phenoxy) is 1. The minimum absolute atomic E-state index is 0.0386. The number of nitrogens with zero attached hydrogens (tertiary/aromatic N) is 7. The Morgan fingerprint density at radius 2 is 1.71 bits per heavy atom. The number of benzene rings is 2. The molecule has 2 aliphatic heterocycles. The molecule has 0 unspecified atom stereocenters. The van der Waals surface area contributed by atoms with Gasteiger partial charge in [-0.15, -0.1) is 0 Å². The second kappa shape index (κ2) is 12.0. The molecule has 12 nitrogen and oxygen atoms in total. The first kappa shape index (κ1) is 28.6. The van der Waals surface area contributed by atoms with Gasteiger partial charge in [0.05, 0.1) is 18.5 Å². The number of methoxy groups -OCH3 is 1. The predicted molar refractivity (Wildman–Crippen MR) is 163 cm³/mol. The van der Waals surface area contributed by atoms with E-state index in [0.717, 1.165) is 76.3 Å². The molecule has 2 saturated heterocycles. The van der Waals surface area contributed by atoms with Crippen LogP contribution in [0.5, 0.6) is 5.75 Å². The number of nitrogens with two attached hydrogens (primary N) is 1. The van der Waals surface area contributed by atoms with Gasteiger partial charge in [0, 0.05) is 63.1 Å². The summed E-state index contributed by atoms with van der Waals surface area (Å²) in [6.07, 6.45) is 5.53. The Morgan fingerprint density at radius 1 is 0.976 bits per heavy atom. The molecule has 3 heterocycles. The van der Waals surface area contributed by atoms with Crippen LogP contribution in [-0.4, -0.2) is 98.7 Å². The largest absolute Gasteiger partial charge is 0.494 e. The lowest BCUT2D eigenvalue weighted by molar-refractivity contribution is 0.0982. The molecule has 6 rings (SSSR count). The Hall–Kier alpha value is -3.52. The van der Waals surface area contributed by atoms with Crippen molar-refractivity contribution in [2.75, 3.05) is 68.5 Å². The summed E-state index contributed by atoms with van der Waals surface area (Å²) in [4.78, 5) is 22.7. The van der Waals surface area contributed by atoms with Crippen LogP contribution in [0.15, 0.2) is 53.7 Å². The molecular formula is C29H39N9O3S. The molecule has 0 radical (unpaired) electrons. The number of likely N-dealkylation sites (N-methyl/N-ethyl adjacent to an activating group) is 1. The van der Waals surface area contributed by atoms with E-state index in [9.17, 15) is 8.42 Å². The Bertz CT molecular complexity index is 1500. The number of nitrogens with one attached hydrogen (secondary N) is 1. The SMILES string of the molecule is COc1cc(N2CCC(N3CCN(C)CC3)CC2)ccc1Nc1ncnc(N(c2ccccc2S(N)(=O)=O)C2CC2)n1. The standard InChI is InChI=1S/C29H39N9O3S/c1-35-15-17-37(18-16-35)21-11-13-36(14-12-21)23-9-10-24(26(19-23)41-2)33-28-31-20-32-29(34-28)38(22-7-8-22)25-5-3-4-6-27(25)42(30,39)40/h3-6,9-10,19-22H,7-8,11-18H2,1-2H3,(H2,30,39,40)(H,31,32,33,34). The van der Waals surface area contributed by atoms with E-state index in [0.29, 0.717) is 29.4 Å². The maximum atomic E-state index is 12.3. The van der Waals surface area contributed by atoms with Crippen LogP contribution in [0.2, 0.25) is 0 Å². The average molecular weight is 594 g/mol. The van der Waals surface area contributed by atoms with Crippen molar-refractivity contribution in [2.24, 2.45) is 5.14 Å². The fourth-order valence-corrected chi connectivity index (χ4v) is 6.66. The molecule has 3 aromatic rings. The number of primary sulfonamides is 1. The Kier molecular flexibility index (Phi) is 8.17. The molecule has 13 heteroatoms. The quantitative estimate of drug-likeness (QED) is 0.379.